The second kappa shape index (κ2) is 5.75. The quantitative estimate of drug-likeness (QED) is 0.872. The van der Waals surface area contributed by atoms with E-state index in [0.717, 1.165) is 12.5 Å². The Morgan fingerprint density at radius 1 is 1.69 bits per heavy atom. The van der Waals surface area contributed by atoms with Crippen molar-refractivity contribution in [3.63, 3.8) is 0 Å². The molecule has 0 aliphatic carbocycles. The Morgan fingerprint density at radius 3 is 3.25 bits per heavy atom. The Labute approximate surface area is 102 Å². The van der Waals surface area contributed by atoms with Crippen LogP contribution in [0.15, 0.2) is 11.7 Å². The highest BCUT2D eigenvalue weighted by Gasteiger charge is 2.17. The Bertz CT molecular complexity index is 299. The third-order valence-electron chi connectivity index (χ3n) is 3.31. The van der Waals surface area contributed by atoms with Gasteiger partial charge in [-0.25, -0.2) is 0 Å². The van der Waals surface area contributed by atoms with Crippen molar-refractivity contribution in [1.29, 1.82) is 0 Å². The number of likely N-dealkylation sites (tertiary alicyclic amines) is 1. The minimum Gasteiger partial charge on any atom is -0.309 e. The van der Waals surface area contributed by atoms with E-state index in [0.29, 0.717) is 6.04 Å². The number of hydrogen-bond donors (Lipinski definition) is 1. The number of aromatic nitrogens is 1. The first-order valence-electron chi connectivity index (χ1n) is 6.06. The van der Waals surface area contributed by atoms with Crippen molar-refractivity contribution in [1.82, 2.24) is 15.2 Å². The molecule has 2 unspecified atom stereocenters. The first-order chi connectivity index (χ1) is 7.75. The Balaban J connectivity index is 1.74. The van der Waals surface area contributed by atoms with Crippen molar-refractivity contribution in [2.45, 2.75) is 25.8 Å². The fraction of sp³-hybridized carbons (Fsp3) is 0.750. The normalized spacial score (nSPS) is 24.5. The largest absolute Gasteiger partial charge is 0.309 e. The van der Waals surface area contributed by atoms with Crippen LogP contribution in [0.1, 0.15) is 30.7 Å². The highest BCUT2D eigenvalue weighted by atomic mass is 32.1. The predicted octanol–water partition coefficient (Wildman–Crippen LogP) is 2.14. The summed E-state index contributed by atoms with van der Waals surface area (Å²) in [7, 11) is 2.22. The lowest BCUT2D eigenvalue weighted by molar-refractivity contribution is 0.203. The van der Waals surface area contributed by atoms with Gasteiger partial charge < -0.3 is 10.2 Å². The first-order valence-corrected chi connectivity index (χ1v) is 6.94. The van der Waals surface area contributed by atoms with Crippen molar-refractivity contribution in [2.75, 3.05) is 26.7 Å². The molecule has 4 heteroatoms. The summed E-state index contributed by atoms with van der Waals surface area (Å²) in [5, 5.41) is 3.62. The van der Waals surface area contributed by atoms with Gasteiger partial charge in [0.15, 0.2) is 0 Å². The summed E-state index contributed by atoms with van der Waals surface area (Å²) in [5.74, 6) is 0.814. The second-order valence-corrected chi connectivity index (χ2v) is 5.72. The number of piperidine rings is 1. The van der Waals surface area contributed by atoms with E-state index in [1.807, 2.05) is 11.7 Å². The molecule has 1 aliphatic rings. The molecule has 2 rings (SSSR count). The van der Waals surface area contributed by atoms with Gasteiger partial charge in [0.1, 0.15) is 0 Å². The van der Waals surface area contributed by atoms with Gasteiger partial charge in [-0.1, -0.05) is 0 Å². The smallest absolute Gasteiger partial charge is 0.0794 e. The van der Waals surface area contributed by atoms with E-state index in [-0.39, 0.29) is 0 Å². The van der Waals surface area contributed by atoms with Crippen LogP contribution < -0.4 is 5.32 Å². The molecule has 0 spiro atoms. The molecule has 0 bridgehead atoms. The fourth-order valence-electron chi connectivity index (χ4n) is 2.32. The van der Waals surface area contributed by atoms with Crippen LogP contribution in [0.25, 0.3) is 0 Å². The Morgan fingerprint density at radius 2 is 2.56 bits per heavy atom. The maximum absolute atomic E-state index is 4.12. The molecule has 1 saturated heterocycles. The van der Waals surface area contributed by atoms with Gasteiger partial charge in [0.05, 0.1) is 5.51 Å². The van der Waals surface area contributed by atoms with Crippen LogP contribution in [-0.2, 0) is 0 Å². The van der Waals surface area contributed by atoms with Crippen molar-refractivity contribution in [3.05, 3.63) is 16.6 Å². The molecule has 90 valence electrons. The molecule has 16 heavy (non-hydrogen) atoms. The first kappa shape index (κ1) is 12.0. The summed E-state index contributed by atoms with van der Waals surface area (Å²) in [4.78, 5) is 7.90. The summed E-state index contributed by atoms with van der Waals surface area (Å²) in [5.41, 5.74) is 1.90. The van der Waals surface area contributed by atoms with Gasteiger partial charge in [-0.15, -0.1) is 11.3 Å². The molecule has 1 aliphatic heterocycles. The average molecular weight is 239 g/mol. The van der Waals surface area contributed by atoms with Crippen LogP contribution in [0.3, 0.4) is 0 Å². The summed E-state index contributed by atoms with van der Waals surface area (Å²) in [6.45, 7) is 5.85. The number of thiazole rings is 1. The van der Waals surface area contributed by atoms with E-state index in [9.17, 15) is 0 Å². The van der Waals surface area contributed by atoms with Crippen molar-refractivity contribution >= 4 is 11.3 Å². The summed E-state index contributed by atoms with van der Waals surface area (Å²) < 4.78 is 0. The standard InChI is InChI=1S/C12H21N3S/c1-10(12-7-13-9-16-12)14-6-11-4-3-5-15(2)8-11/h7,9-11,14H,3-6,8H2,1-2H3. The lowest BCUT2D eigenvalue weighted by Gasteiger charge is -2.30. The molecule has 1 aromatic heterocycles. The minimum absolute atomic E-state index is 0.444. The van der Waals surface area contributed by atoms with Gasteiger partial charge in [0, 0.05) is 23.7 Å². The molecule has 2 atom stereocenters. The molecule has 0 radical (unpaired) electrons. The van der Waals surface area contributed by atoms with Crippen LogP contribution in [0.4, 0.5) is 0 Å². The van der Waals surface area contributed by atoms with Gasteiger partial charge in [-0.3, -0.25) is 4.98 Å². The number of hydrogen-bond acceptors (Lipinski definition) is 4. The number of rotatable bonds is 4. The highest BCUT2D eigenvalue weighted by Crippen LogP contribution is 2.18. The van der Waals surface area contributed by atoms with E-state index >= 15 is 0 Å². The number of nitrogens with one attached hydrogen (secondary N) is 1. The second-order valence-electron chi connectivity index (χ2n) is 4.80. The zero-order valence-corrected chi connectivity index (χ0v) is 11.0. The zero-order valence-electron chi connectivity index (χ0n) is 10.1. The summed E-state index contributed by atoms with van der Waals surface area (Å²) in [6.07, 6.45) is 4.68. The molecular formula is C12H21N3S. The van der Waals surface area contributed by atoms with Gasteiger partial charge in [-0.2, -0.15) is 0 Å². The van der Waals surface area contributed by atoms with Gasteiger partial charge in [0.25, 0.3) is 0 Å². The SMILES string of the molecule is CC(NCC1CCCN(C)C1)c1cncs1. The zero-order chi connectivity index (χ0) is 11.4. The molecule has 1 fully saturated rings. The average Bonchev–Trinajstić information content (AvgIpc) is 2.79. The molecular weight excluding hydrogens is 218 g/mol. The van der Waals surface area contributed by atoms with Crippen LogP contribution in [-0.4, -0.2) is 36.6 Å². The third kappa shape index (κ3) is 3.27. The van der Waals surface area contributed by atoms with Gasteiger partial charge >= 0.3 is 0 Å². The van der Waals surface area contributed by atoms with Crippen molar-refractivity contribution in [2.24, 2.45) is 5.92 Å². The summed E-state index contributed by atoms with van der Waals surface area (Å²) in [6, 6.07) is 0.444. The van der Waals surface area contributed by atoms with E-state index in [2.05, 4.69) is 29.2 Å². The maximum Gasteiger partial charge on any atom is 0.0794 e. The van der Waals surface area contributed by atoms with Crippen molar-refractivity contribution in [3.8, 4) is 0 Å². The monoisotopic (exact) mass is 239 g/mol. The van der Waals surface area contributed by atoms with E-state index in [1.54, 1.807) is 11.3 Å². The minimum atomic E-state index is 0.444. The highest BCUT2D eigenvalue weighted by molar-refractivity contribution is 7.09. The fourth-order valence-corrected chi connectivity index (χ4v) is 2.98. The van der Waals surface area contributed by atoms with Crippen LogP contribution >= 0.6 is 11.3 Å². The van der Waals surface area contributed by atoms with E-state index in [1.165, 1.54) is 30.8 Å². The van der Waals surface area contributed by atoms with Gasteiger partial charge in [-0.05, 0) is 45.8 Å². The van der Waals surface area contributed by atoms with E-state index < -0.39 is 0 Å². The lowest BCUT2D eigenvalue weighted by atomic mass is 9.98. The van der Waals surface area contributed by atoms with Gasteiger partial charge in [0.2, 0.25) is 0 Å². The predicted molar refractivity (Wildman–Crippen MR) is 68.8 cm³/mol. The van der Waals surface area contributed by atoms with Crippen LogP contribution in [0.5, 0.6) is 0 Å². The Hall–Kier alpha value is -0.450. The summed E-state index contributed by atoms with van der Waals surface area (Å²) >= 11 is 1.73. The number of nitrogens with zero attached hydrogens (tertiary/aromatic N) is 2. The topological polar surface area (TPSA) is 28.2 Å². The molecule has 3 nitrogen and oxygen atoms in total. The molecule has 0 amide bonds. The molecule has 1 N–H and O–H groups in total. The van der Waals surface area contributed by atoms with Crippen LogP contribution in [0.2, 0.25) is 0 Å². The molecule has 0 aromatic carbocycles. The Kier molecular flexibility index (Phi) is 4.32. The molecule has 2 heterocycles. The maximum atomic E-state index is 4.12. The van der Waals surface area contributed by atoms with Crippen LogP contribution in [0, 0.1) is 5.92 Å². The van der Waals surface area contributed by atoms with Crippen molar-refractivity contribution < 1.29 is 0 Å². The molecule has 1 aromatic rings. The van der Waals surface area contributed by atoms with E-state index in [4.69, 9.17) is 0 Å². The third-order valence-corrected chi connectivity index (χ3v) is 4.27. The lowest BCUT2D eigenvalue weighted by Crippen LogP contribution is -2.37. The molecule has 0 saturated carbocycles.